The molecule has 44 heteroatoms. The molecule has 0 amide bonds. The molecule has 0 aromatic carbocycles. The second kappa shape index (κ2) is 38.0. The summed E-state index contributed by atoms with van der Waals surface area (Å²) in [6.07, 6.45) is -9.01. The number of halogens is 15. The van der Waals surface area contributed by atoms with Gasteiger partial charge in [-0.2, -0.15) is 122 Å². The Morgan fingerprint density at radius 1 is 0.412 bits per heavy atom. The van der Waals surface area contributed by atoms with Crippen molar-refractivity contribution in [2.75, 3.05) is 62.2 Å². The number of nitrogens with zero attached hydrogens (tertiary/aromatic N) is 21. The molecule has 12 heterocycles. The number of nitriles is 1. The minimum atomic E-state index is -4.68. The number of nitrogens with one attached hydrogen (secondary N) is 8. The predicted octanol–water partition coefficient (Wildman–Crippen LogP) is 18.1. The zero-order valence-electron chi connectivity index (χ0n) is 63.8. The smallest absolute Gasteiger partial charge is 0.354 e. The van der Waals surface area contributed by atoms with Crippen LogP contribution in [0.5, 0.6) is 0 Å². The summed E-state index contributed by atoms with van der Waals surface area (Å²) in [4.78, 5) is 80.3. The highest BCUT2D eigenvalue weighted by molar-refractivity contribution is 6.29. The lowest BCUT2D eigenvalue weighted by molar-refractivity contribution is -0.141. The monoisotopic (exact) mass is 1680 g/mol. The number of anilines is 12. The Labute approximate surface area is 673 Å². The lowest BCUT2D eigenvalue weighted by Crippen LogP contribution is -2.28. The van der Waals surface area contributed by atoms with Gasteiger partial charge in [-0.15, -0.1) is 0 Å². The molecule has 0 saturated heterocycles. The van der Waals surface area contributed by atoms with E-state index in [4.69, 9.17) is 16.9 Å². The Kier molecular flexibility index (Phi) is 28.1. The summed E-state index contributed by atoms with van der Waals surface area (Å²) in [6.45, 7) is 17.2. The number of hydrogen-bond donors (Lipinski definition) is 8. The first-order valence-corrected chi connectivity index (χ1v) is 36.0. The van der Waals surface area contributed by atoms with Gasteiger partial charge in [0.05, 0.1) is 30.0 Å². The number of aromatic nitrogens is 20. The van der Waals surface area contributed by atoms with Gasteiger partial charge in [0.25, 0.3) is 0 Å². The Balaban J connectivity index is 0.000000167. The third-order valence-electron chi connectivity index (χ3n) is 15.3. The summed E-state index contributed by atoms with van der Waals surface area (Å²) < 4.78 is 183. The Hall–Kier alpha value is -13.6. The maximum Gasteiger partial charge on any atom is 0.433 e. The van der Waals surface area contributed by atoms with Gasteiger partial charge in [0.15, 0.2) is 23.3 Å². The summed E-state index contributed by atoms with van der Waals surface area (Å²) in [5.74, 6) is 0.270. The van der Waals surface area contributed by atoms with E-state index in [9.17, 15) is 61.5 Å². The van der Waals surface area contributed by atoms with Gasteiger partial charge < -0.3 is 42.5 Å². The van der Waals surface area contributed by atoms with E-state index in [1.54, 1.807) is 30.3 Å². The molecule has 13 rings (SSSR count). The standard InChI is InChI=1S/C20H19F6N7.C19H19F4N7.C19H17F3N8.C17H15ClFN7/c1-18(2,3)10-28-16-31-15(12-5-4-6-13(30-12)19(21,22)23)32-17(33-16)29-11-7-8-27-14(9-11)20(24,25)26;1-18(2,3)10-25-16-28-15(13-5-4-6-14(27-13)19(21,22)23)29-17(30-16)26-12-7-11(20)8-24-9-12;1-11(2)10-25-17-28-16(14-4-3-5-15(27-14)19(20,21)22)29-18(30-17)26-12-6-7-24-13(8-12)9-23;18-13-6-2-5-12(23-13)15-24-16(21-10-3-1-4-10)26-17(25-15)22-11-7-8-14(19)20-9-11/h4-9H,10H2,1-3H3,(H2,27,28,29,31,32,33);4-9H,10H2,1-3H3,(H2,25,26,28,29,30);3-8,11H,10H2,1-2H3,(H2,24,25,26,28,29,30);2,5-10H,1,3-4H2,(H2,21,22,24,25,26). The molecule has 0 radical (unpaired) electrons. The van der Waals surface area contributed by atoms with Gasteiger partial charge in [0.1, 0.15) is 68.3 Å². The van der Waals surface area contributed by atoms with E-state index < -0.39 is 59.2 Å². The lowest BCUT2D eigenvalue weighted by atomic mass is 9.93. The molecule has 1 fully saturated rings. The SMILES string of the molecule is CC(C)(C)CNc1nc(Nc2ccnc(C(F)(F)F)c2)nc(-c2cccc(C(F)(F)F)n2)n1.CC(C)(C)CNc1nc(Nc2cncc(F)c2)nc(-c2cccc(C(F)(F)F)n2)n1.CC(C)CNc1nc(Nc2ccnc(C#N)c2)nc(-c2cccc(C(F)(F)F)n2)n1.Fc1ccc(Nc2nc(NC3CCC3)nc(-c3cccc(Cl)n3)n2)cn1. The van der Waals surface area contributed by atoms with Gasteiger partial charge in [-0.3, -0.25) is 9.97 Å². The second-order valence-corrected chi connectivity index (χ2v) is 28.8. The normalized spacial score (nSPS) is 12.4. The van der Waals surface area contributed by atoms with Crippen molar-refractivity contribution >= 4 is 81.9 Å². The van der Waals surface area contributed by atoms with Crippen molar-refractivity contribution in [3.05, 3.63) is 192 Å². The molecule has 0 bridgehead atoms. The predicted molar refractivity (Wildman–Crippen MR) is 412 cm³/mol. The third-order valence-corrected chi connectivity index (χ3v) is 15.5. The van der Waals surface area contributed by atoms with Crippen molar-refractivity contribution in [2.45, 2.75) is 105 Å². The van der Waals surface area contributed by atoms with Crippen molar-refractivity contribution < 1.29 is 61.5 Å². The number of hydrogen-bond acceptors (Lipinski definition) is 29. The van der Waals surface area contributed by atoms with E-state index in [-0.39, 0.29) is 104 Å². The van der Waals surface area contributed by atoms with Crippen molar-refractivity contribution in [3.63, 3.8) is 0 Å². The highest BCUT2D eigenvalue weighted by Crippen LogP contribution is 2.35. The molecule has 29 nitrogen and oxygen atoms in total. The van der Waals surface area contributed by atoms with Crippen molar-refractivity contribution in [1.29, 1.82) is 5.26 Å². The molecule has 12 aromatic heterocycles. The highest BCUT2D eigenvalue weighted by atomic mass is 35.5. The number of pyridine rings is 8. The molecule has 1 aliphatic rings. The van der Waals surface area contributed by atoms with Crippen LogP contribution in [0.25, 0.3) is 46.1 Å². The van der Waals surface area contributed by atoms with Crippen LogP contribution in [0.4, 0.5) is 132 Å². The lowest BCUT2D eigenvalue weighted by Gasteiger charge is -2.26. The molecular formula is C75H70ClF14N29. The van der Waals surface area contributed by atoms with Gasteiger partial charge in [-0.1, -0.05) is 91.3 Å². The fraction of sp³-hybridized carbons (Fsp3) is 0.293. The molecule has 0 aliphatic heterocycles. The van der Waals surface area contributed by atoms with Crippen LogP contribution < -0.4 is 42.5 Å². The first-order chi connectivity index (χ1) is 56.1. The Morgan fingerprint density at radius 3 is 1.24 bits per heavy atom. The van der Waals surface area contributed by atoms with E-state index in [0.29, 0.717) is 65.6 Å². The maximum atomic E-state index is 13.4. The van der Waals surface area contributed by atoms with E-state index in [1.807, 2.05) is 61.5 Å². The zero-order chi connectivity index (χ0) is 86.0. The molecule has 620 valence electrons. The van der Waals surface area contributed by atoms with Crippen LogP contribution in [0.2, 0.25) is 5.15 Å². The summed E-state index contributed by atoms with van der Waals surface area (Å²) in [7, 11) is 0. The van der Waals surface area contributed by atoms with Gasteiger partial charge in [0.2, 0.25) is 53.5 Å². The maximum absolute atomic E-state index is 13.4. The van der Waals surface area contributed by atoms with Gasteiger partial charge >= 0.3 is 24.7 Å². The summed E-state index contributed by atoms with van der Waals surface area (Å²) >= 11 is 5.98. The van der Waals surface area contributed by atoms with Crippen molar-refractivity contribution in [3.8, 4) is 52.1 Å². The van der Waals surface area contributed by atoms with E-state index in [1.165, 1.54) is 79.6 Å². The fourth-order valence-electron chi connectivity index (χ4n) is 9.57. The van der Waals surface area contributed by atoms with Crippen LogP contribution in [0.15, 0.2) is 146 Å². The largest absolute Gasteiger partial charge is 0.433 e. The molecule has 0 atom stereocenters. The van der Waals surface area contributed by atoms with Gasteiger partial charge in [0, 0.05) is 55.5 Å². The van der Waals surface area contributed by atoms with Crippen LogP contribution in [0.3, 0.4) is 0 Å². The molecular weight excluding hydrogens is 1610 g/mol. The first kappa shape index (κ1) is 87.8. The molecule has 1 aliphatic carbocycles. The minimum Gasteiger partial charge on any atom is -0.354 e. The summed E-state index contributed by atoms with van der Waals surface area (Å²) in [6, 6.07) is 26.9. The fourth-order valence-corrected chi connectivity index (χ4v) is 9.73. The van der Waals surface area contributed by atoms with E-state index >= 15 is 0 Å². The molecule has 1 saturated carbocycles. The third kappa shape index (κ3) is 27.6. The first-order valence-electron chi connectivity index (χ1n) is 35.6. The minimum absolute atomic E-state index is 0.00280. The van der Waals surface area contributed by atoms with Crippen LogP contribution in [-0.2, 0) is 24.7 Å². The summed E-state index contributed by atoms with van der Waals surface area (Å²) in [5.41, 5.74) is -2.95. The molecule has 8 N–H and O–H groups in total. The van der Waals surface area contributed by atoms with Crippen LogP contribution in [0, 0.1) is 39.8 Å². The highest BCUT2D eigenvalue weighted by Gasteiger charge is 2.36. The summed E-state index contributed by atoms with van der Waals surface area (Å²) in [5, 5.41) is 33.0. The number of alkyl halides is 12. The van der Waals surface area contributed by atoms with E-state index in [2.05, 4.69) is 142 Å². The second-order valence-electron chi connectivity index (χ2n) is 28.4. The van der Waals surface area contributed by atoms with Gasteiger partial charge in [-0.25, -0.2) is 34.3 Å². The van der Waals surface area contributed by atoms with Crippen molar-refractivity contribution in [2.24, 2.45) is 16.7 Å². The van der Waals surface area contributed by atoms with Crippen LogP contribution in [-0.4, -0.2) is 125 Å². The zero-order valence-corrected chi connectivity index (χ0v) is 64.6. The average Bonchev–Trinajstić information content (AvgIpc) is 0.768. The molecule has 119 heavy (non-hydrogen) atoms. The average molecular weight is 1680 g/mol. The molecule has 12 aromatic rings. The molecule has 0 unspecified atom stereocenters. The van der Waals surface area contributed by atoms with Crippen LogP contribution >= 0.6 is 11.6 Å². The number of rotatable bonds is 21. The Morgan fingerprint density at radius 2 is 0.824 bits per heavy atom. The van der Waals surface area contributed by atoms with Crippen LogP contribution in [0.1, 0.15) is 103 Å². The van der Waals surface area contributed by atoms with Gasteiger partial charge in [-0.05, 0) is 121 Å². The topological polar surface area (TPSA) is 378 Å². The van der Waals surface area contributed by atoms with E-state index in [0.717, 1.165) is 55.6 Å². The van der Waals surface area contributed by atoms with Crippen molar-refractivity contribution in [1.82, 2.24) is 99.7 Å². The Bertz CT molecular complexity index is 5490. The molecule has 0 spiro atoms. The quantitative estimate of drug-likeness (QED) is 0.0245.